The van der Waals surface area contributed by atoms with E-state index in [0.29, 0.717) is 13.1 Å². The minimum absolute atomic E-state index is 0.0215. The van der Waals surface area contributed by atoms with Gasteiger partial charge in [0.1, 0.15) is 0 Å². The molecule has 0 fully saturated rings. The summed E-state index contributed by atoms with van der Waals surface area (Å²) in [7, 11) is 0. The summed E-state index contributed by atoms with van der Waals surface area (Å²) in [5.41, 5.74) is 5.39. The largest absolute Gasteiger partial charge is 0.329 e. The van der Waals surface area contributed by atoms with Crippen molar-refractivity contribution >= 4 is 0 Å². The van der Waals surface area contributed by atoms with Crippen molar-refractivity contribution in [2.24, 2.45) is 5.73 Å². The Morgan fingerprint density at radius 3 is 2.56 bits per heavy atom. The Morgan fingerprint density at radius 2 is 2.22 bits per heavy atom. The van der Waals surface area contributed by atoms with Crippen LogP contribution in [0.2, 0.25) is 0 Å². The molecule has 0 amide bonds. The Bertz CT molecular complexity index is 111. The molecular weight excluding hydrogens is 112 g/mol. The summed E-state index contributed by atoms with van der Waals surface area (Å²) < 4.78 is 0. The van der Waals surface area contributed by atoms with Crippen molar-refractivity contribution in [1.82, 2.24) is 5.32 Å². The van der Waals surface area contributed by atoms with Crippen LogP contribution in [0.1, 0.15) is 13.8 Å². The van der Waals surface area contributed by atoms with Gasteiger partial charge in [0.05, 0.1) is 6.54 Å². The van der Waals surface area contributed by atoms with Crippen molar-refractivity contribution in [2.75, 3.05) is 13.1 Å². The summed E-state index contributed by atoms with van der Waals surface area (Å²) in [5, 5.41) is 3.10. The average Bonchev–Trinajstić information content (AvgIpc) is 1.84. The van der Waals surface area contributed by atoms with Crippen LogP contribution in [0.5, 0.6) is 0 Å². The predicted octanol–water partition coefficient (Wildman–Crippen LogP) is -0.0535. The molecule has 0 aromatic rings. The molecule has 0 aromatic heterocycles. The first kappa shape index (κ1) is 8.48. The summed E-state index contributed by atoms with van der Waals surface area (Å²) in [6.45, 7) is 5.23. The molecule has 52 valence electrons. The van der Waals surface area contributed by atoms with Crippen molar-refractivity contribution in [3.05, 3.63) is 0 Å². The van der Waals surface area contributed by atoms with Crippen LogP contribution in [0.15, 0.2) is 0 Å². The Hall–Kier alpha value is -0.520. The molecular formula is C7H14N2. The number of nitrogens with two attached hydrogens (primary N) is 1. The van der Waals surface area contributed by atoms with Gasteiger partial charge in [0.25, 0.3) is 0 Å². The monoisotopic (exact) mass is 126 g/mol. The van der Waals surface area contributed by atoms with Crippen LogP contribution in [0, 0.1) is 12.3 Å². The van der Waals surface area contributed by atoms with Crippen molar-refractivity contribution in [3.63, 3.8) is 0 Å². The van der Waals surface area contributed by atoms with Gasteiger partial charge in [0.2, 0.25) is 0 Å². The molecule has 0 aliphatic heterocycles. The maximum Gasteiger partial charge on any atom is 0.0578 e. The van der Waals surface area contributed by atoms with Crippen LogP contribution in [0.25, 0.3) is 0 Å². The Kier molecular flexibility index (Phi) is 3.29. The van der Waals surface area contributed by atoms with Crippen molar-refractivity contribution in [2.45, 2.75) is 19.4 Å². The van der Waals surface area contributed by atoms with E-state index in [4.69, 9.17) is 12.2 Å². The molecule has 0 atom stereocenters. The lowest BCUT2D eigenvalue weighted by Gasteiger charge is -2.22. The third kappa shape index (κ3) is 4.01. The lowest BCUT2D eigenvalue weighted by molar-refractivity contribution is 0.421. The third-order valence-corrected chi connectivity index (χ3v) is 1.18. The Balaban J connectivity index is 3.48. The fourth-order valence-corrected chi connectivity index (χ4v) is 0.362. The van der Waals surface area contributed by atoms with Crippen molar-refractivity contribution in [3.8, 4) is 12.3 Å². The molecule has 2 nitrogen and oxygen atoms in total. The Labute approximate surface area is 56.8 Å². The van der Waals surface area contributed by atoms with Gasteiger partial charge in [-0.15, -0.1) is 6.42 Å². The number of hydrogen-bond acceptors (Lipinski definition) is 2. The molecule has 3 N–H and O–H groups in total. The van der Waals surface area contributed by atoms with Gasteiger partial charge in [-0.25, -0.2) is 0 Å². The Morgan fingerprint density at radius 1 is 1.67 bits per heavy atom. The van der Waals surface area contributed by atoms with Crippen LogP contribution in [0.4, 0.5) is 0 Å². The second kappa shape index (κ2) is 3.49. The number of rotatable bonds is 3. The first-order chi connectivity index (χ1) is 4.12. The van der Waals surface area contributed by atoms with E-state index in [9.17, 15) is 0 Å². The molecule has 0 aromatic carbocycles. The minimum atomic E-state index is -0.0215. The summed E-state index contributed by atoms with van der Waals surface area (Å²) in [6, 6.07) is 0. The topological polar surface area (TPSA) is 38.0 Å². The highest BCUT2D eigenvalue weighted by atomic mass is 15.0. The number of hydrogen-bond donors (Lipinski definition) is 2. The van der Waals surface area contributed by atoms with E-state index >= 15 is 0 Å². The van der Waals surface area contributed by atoms with Crippen LogP contribution >= 0.6 is 0 Å². The van der Waals surface area contributed by atoms with Gasteiger partial charge in [0.15, 0.2) is 0 Å². The highest BCUT2D eigenvalue weighted by molar-refractivity contribution is 4.91. The van der Waals surface area contributed by atoms with Gasteiger partial charge >= 0.3 is 0 Å². The van der Waals surface area contributed by atoms with Gasteiger partial charge < -0.3 is 5.73 Å². The molecule has 0 saturated heterocycles. The highest BCUT2D eigenvalue weighted by Crippen LogP contribution is 1.95. The van der Waals surface area contributed by atoms with E-state index < -0.39 is 0 Å². The van der Waals surface area contributed by atoms with Crippen molar-refractivity contribution in [1.29, 1.82) is 0 Å². The van der Waals surface area contributed by atoms with E-state index in [1.54, 1.807) is 0 Å². The molecule has 0 rings (SSSR count). The zero-order chi connectivity index (χ0) is 7.33. The van der Waals surface area contributed by atoms with Gasteiger partial charge in [-0.3, -0.25) is 5.32 Å². The maximum atomic E-state index is 5.42. The summed E-state index contributed by atoms with van der Waals surface area (Å²) in [4.78, 5) is 0. The second-order valence-electron chi connectivity index (χ2n) is 2.65. The lowest BCUT2D eigenvalue weighted by Crippen LogP contribution is -2.45. The predicted molar refractivity (Wildman–Crippen MR) is 40.0 cm³/mol. The fourth-order valence-electron chi connectivity index (χ4n) is 0.362. The molecule has 0 radical (unpaired) electrons. The normalized spacial score (nSPS) is 10.9. The van der Waals surface area contributed by atoms with Crippen molar-refractivity contribution < 1.29 is 0 Å². The molecule has 0 spiro atoms. The smallest absolute Gasteiger partial charge is 0.0578 e. The van der Waals surface area contributed by atoms with E-state index in [1.165, 1.54) is 0 Å². The van der Waals surface area contributed by atoms with Gasteiger partial charge in [-0.1, -0.05) is 5.92 Å². The quantitative estimate of drug-likeness (QED) is 0.520. The second-order valence-corrected chi connectivity index (χ2v) is 2.65. The zero-order valence-electron chi connectivity index (χ0n) is 6.07. The molecule has 2 heteroatoms. The first-order valence-electron chi connectivity index (χ1n) is 3.01. The number of terminal acetylenes is 1. The summed E-state index contributed by atoms with van der Waals surface area (Å²) >= 11 is 0. The summed E-state index contributed by atoms with van der Waals surface area (Å²) in [5.74, 6) is 2.49. The fraction of sp³-hybridized carbons (Fsp3) is 0.714. The van der Waals surface area contributed by atoms with Gasteiger partial charge in [0, 0.05) is 12.1 Å². The lowest BCUT2D eigenvalue weighted by atomic mass is 10.1. The third-order valence-electron chi connectivity index (χ3n) is 1.18. The van der Waals surface area contributed by atoms with Crippen LogP contribution < -0.4 is 11.1 Å². The molecule has 9 heavy (non-hydrogen) atoms. The zero-order valence-corrected chi connectivity index (χ0v) is 6.07. The van der Waals surface area contributed by atoms with Crippen LogP contribution in [0.3, 0.4) is 0 Å². The molecule has 0 saturated carbocycles. The molecule has 0 aliphatic rings. The average molecular weight is 126 g/mol. The maximum absolute atomic E-state index is 5.42. The van der Waals surface area contributed by atoms with Gasteiger partial charge in [-0.05, 0) is 13.8 Å². The van der Waals surface area contributed by atoms with E-state index in [-0.39, 0.29) is 5.54 Å². The first-order valence-corrected chi connectivity index (χ1v) is 3.01. The summed E-state index contributed by atoms with van der Waals surface area (Å²) in [6.07, 6.45) is 5.04. The van der Waals surface area contributed by atoms with E-state index in [1.807, 2.05) is 13.8 Å². The van der Waals surface area contributed by atoms with Crippen LogP contribution in [-0.2, 0) is 0 Å². The van der Waals surface area contributed by atoms with E-state index in [0.717, 1.165) is 0 Å². The minimum Gasteiger partial charge on any atom is -0.329 e. The molecule has 0 aliphatic carbocycles. The molecule has 0 unspecified atom stereocenters. The van der Waals surface area contributed by atoms with Crippen LogP contribution in [-0.4, -0.2) is 18.6 Å². The molecule has 0 bridgehead atoms. The van der Waals surface area contributed by atoms with Gasteiger partial charge in [-0.2, -0.15) is 0 Å². The standard InChI is InChI=1S/C7H14N2/c1-4-5-9-7(2,3)6-8/h1,9H,5-6,8H2,2-3H3. The molecule has 0 heterocycles. The number of nitrogens with one attached hydrogen (secondary N) is 1. The van der Waals surface area contributed by atoms with E-state index in [2.05, 4.69) is 11.2 Å². The highest BCUT2D eigenvalue weighted by Gasteiger charge is 2.11. The SMILES string of the molecule is C#CCNC(C)(C)CN.